The van der Waals surface area contributed by atoms with Crippen LogP contribution in [0, 0.1) is 0 Å². The van der Waals surface area contributed by atoms with Crippen molar-refractivity contribution in [3.63, 3.8) is 0 Å². The largest absolute Gasteiger partial charge is 0.396 e. The van der Waals surface area contributed by atoms with Gasteiger partial charge >= 0.3 is 0 Å². The van der Waals surface area contributed by atoms with Gasteiger partial charge in [0.1, 0.15) is 0 Å². The van der Waals surface area contributed by atoms with Crippen molar-refractivity contribution in [3.05, 3.63) is 29.0 Å². The second kappa shape index (κ2) is 4.31. The van der Waals surface area contributed by atoms with E-state index in [9.17, 15) is 0 Å². The van der Waals surface area contributed by atoms with Gasteiger partial charge in [-0.05, 0) is 25.0 Å². The number of aliphatic hydroxyl groups is 1. The summed E-state index contributed by atoms with van der Waals surface area (Å²) in [6, 6.07) is 3.60. The van der Waals surface area contributed by atoms with Crippen LogP contribution in [0.5, 0.6) is 0 Å². The van der Waals surface area contributed by atoms with E-state index in [0.717, 1.165) is 18.5 Å². The van der Waals surface area contributed by atoms with E-state index in [0.29, 0.717) is 5.02 Å². The number of aliphatic hydroxyl groups excluding tert-OH is 1. The van der Waals surface area contributed by atoms with Crippen LogP contribution in [0.2, 0.25) is 5.02 Å². The minimum Gasteiger partial charge on any atom is -0.396 e. The zero-order valence-electron chi connectivity index (χ0n) is 6.13. The quantitative estimate of drug-likeness (QED) is 0.751. The second-order valence-corrected chi connectivity index (χ2v) is 2.67. The molecule has 1 N–H and O–H groups in total. The van der Waals surface area contributed by atoms with Gasteiger partial charge in [0.15, 0.2) is 0 Å². The van der Waals surface area contributed by atoms with Gasteiger partial charge in [0.05, 0.1) is 10.7 Å². The first-order chi connectivity index (χ1) is 5.34. The third kappa shape index (κ3) is 2.48. The molecule has 1 heterocycles. The summed E-state index contributed by atoms with van der Waals surface area (Å²) in [5.41, 5.74) is 0.864. The van der Waals surface area contributed by atoms with E-state index >= 15 is 0 Å². The molecule has 0 saturated carbocycles. The molecule has 0 aromatic carbocycles. The standard InChI is InChI=1S/C8H10ClNO/c9-7-3-1-5-10-8(7)4-2-6-11/h1,3,5,11H,2,4,6H2. The highest BCUT2D eigenvalue weighted by atomic mass is 35.5. The number of hydrogen-bond donors (Lipinski definition) is 1. The monoisotopic (exact) mass is 171 g/mol. The molecule has 0 fully saturated rings. The molecule has 0 radical (unpaired) electrons. The van der Waals surface area contributed by atoms with Crippen molar-refractivity contribution < 1.29 is 5.11 Å². The lowest BCUT2D eigenvalue weighted by Crippen LogP contribution is -1.93. The van der Waals surface area contributed by atoms with Crippen molar-refractivity contribution in [2.45, 2.75) is 12.8 Å². The van der Waals surface area contributed by atoms with Crippen LogP contribution < -0.4 is 0 Å². The molecule has 1 aromatic rings. The molecule has 0 aliphatic rings. The van der Waals surface area contributed by atoms with E-state index < -0.39 is 0 Å². The van der Waals surface area contributed by atoms with Gasteiger partial charge in [0.25, 0.3) is 0 Å². The van der Waals surface area contributed by atoms with Gasteiger partial charge in [0.2, 0.25) is 0 Å². The second-order valence-electron chi connectivity index (χ2n) is 2.26. The maximum atomic E-state index is 8.55. The number of halogens is 1. The minimum atomic E-state index is 0.187. The molecular formula is C8H10ClNO. The summed E-state index contributed by atoms with van der Waals surface area (Å²) in [4.78, 5) is 4.07. The lowest BCUT2D eigenvalue weighted by Gasteiger charge is -1.99. The Balaban J connectivity index is 2.62. The third-order valence-electron chi connectivity index (χ3n) is 1.41. The third-order valence-corrected chi connectivity index (χ3v) is 1.75. The molecule has 0 saturated heterocycles. The van der Waals surface area contributed by atoms with Crippen LogP contribution in [0.25, 0.3) is 0 Å². The summed E-state index contributed by atoms with van der Waals surface area (Å²) in [6.45, 7) is 0.187. The predicted octanol–water partition coefficient (Wildman–Crippen LogP) is 1.66. The minimum absolute atomic E-state index is 0.187. The molecule has 11 heavy (non-hydrogen) atoms. The number of aryl methyl sites for hydroxylation is 1. The van der Waals surface area contributed by atoms with Gasteiger partial charge in [0, 0.05) is 12.8 Å². The number of nitrogens with zero attached hydrogens (tertiary/aromatic N) is 1. The molecule has 0 bridgehead atoms. The van der Waals surface area contributed by atoms with Gasteiger partial charge in [-0.15, -0.1) is 0 Å². The maximum absolute atomic E-state index is 8.55. The summed E-state index contributed by atoms with van der Waals surface area (Å²) in [7, 11) is 0. The molecule has 2 nitrogen and oxygen atoms in total. The lowest BCUT2D eigenvalue weighted by atomic mass is 10.2. The number of rotatable bonds is 3. The van der Waals surface area contributed by atoms with Crippen LogP contribution in [0.4, 0.5) is 0 Å². The fraction of sp³-hybridized carbons (Fsp3) is 0.375. The van der Waals surface area contributed by atoms with Gasteiger partial charge in [-0.3, -0.25) is 4.98 Å². The molecule has 0 atom stereocenters. The highest BCUT2D eigenvalue weighted by molar-refractivity contribution is 6.31. The summed E-state index contributed by atoms with van der Waals surface area (Å²) < 4.78 is 0. The molecule has 0 spiro atoms. The van der Waals surface area contributed by atoms with Gasteiger partial charge in [-0.1, -0.05) is 11.6 Å². The topological polar surface area (TPSA) is 33.1 Å². The Bertz CT molecular complexity index is 227. The van der Waals surface area contributed by atoms with Gasteiger partial charge in [-0.25, -0.2) is 0 Å². The van der Waals surface area contributed by atoms with E-state index in [2.05, 4.69) is 4.98 Å². The first kappa shape index (κ1) is 8.50. The Morgan fingerprint density at radius 3 is 3.00 bits per heavy atom. The zero-order valence-corrected chi connectivity index (χ0v) is 6.88. The van der Waals surface area contributed by atoms with Crippen molar-refractivity contribution in [1.82, 2.24) is 4.98 Å². The molecule has 60 valence electrons. The summed E-state index contributed by atoms with van der Waals surface area (Å²) in [5, 5.41) is 9.23. The van der Waals surface area contributed by atoms with Crippen molar-refractivity contribution in [1.29, 1.82) is 0 Å². The molecule has 1 rings (SSSR count). The number of aromatic nitrogens is 1. The Hall–Kier alpha value is -0.600. The zero-order chi connectivity index (χ0) is 8.10. The molecule has 0 unspecified atom stereocenters. The molecular weight excluding hydrogens is 162 g/mol. The van der Waals surface area contributed by atoms with Gasteiger partial charge in [-0.2, -0.15) is 0 Å². The van der Waals surface area contributed by atoms with Gasteiger partial charge < -0.3 is 5.11 Å². The average Bonchev–Trinajstić information content (AvgIpc) is 2.03. The van der Waals surface area contributed by atoms with E-state index in [4.69, 9.17) is 16.7 Å². The number of pyridine rings is 1. The van der Waals surface area contributed by atoms with E-state index in [1.54, 1.807) is 18.3 Å². The Morgan fingerprint density at radius 2 is 2.36 bits per heavy atom. The molecule has 0 aliphatic heterocycles. The summed E-state index contributed by atoms with van der Waals surface area (Å²) >= 11 is 5.82. The first-order valence-corrected chi connectivity index (χ1v) is 3.92. The highest BCUT2D eigenvalue weighted by Gasteiger charge is 1.98. The van der Waals surface area contributed by atoms with Crippen LogP contribution in [-0.2, 0) is 6.42 Å². The first-order valence-electron chi connectivity index (χ1n) is 3.55. The normalized spacial score (nSPS) is 10.0. The Labute approximate surface area is 70.8 Å². The van der Waals surface area contributed by atoms with Crippen LogP contribution in [0.3, 0.4) is 0 Å². The fourth-order valence-corrected chi connectivity index (χ4v) is 1.06. The molecule has 1 aromatic heterocycles. The highest BCUT2D eigenvalue weighted by Crippen LogP contribution is 2.13. The Morgan fingerprint density at radius 1 is 1.55 bits per heavy atom. The van der Waals surface area contributed by atoms with Crippen molar-refractivity contribution in [2.24, 2.45) is 0 Å². The van der Waals surface area contributed by atoms with Crippen molar-refractivity contribution >= 4 is 11.6 Å². The summed E-state index contributed by atoms with van der Waals surface area (Å²) in [6.07, 6.45) is 3.17. The van der Waals surface area contributed by atoms with Crippen LogP contribution in [-0.4, -0.2) is 16.7 Å². The fourth-order valence-electron chi connectivity index (χ4n) is 0.849. The Kier molecular flexibility index (Phi) is 3.33. The molecule has 0 amide bonds. The maximum Gasteiger partial charge on any atom is 0.0621 e. The number of hydrogen-bond acceptors (Lipinski definition) is 2. The van der Waals surface area contributed by atoms with Crippen molar-refractivity contribution in [3.8, 4) is 0 Å². The van der Waals surface area contributed by atoms with E-state index in [1.807, 2.05) is 0 Å². The SMILES string of the molecule is OCCCc1ncccc1Cl. The molecule has 0 aliphatic carbocycles. The lowest BCUT2D eigenvalue weighted by molar-refractivity contribution is 0.288. The predicted molar refractivity (Wildman–Crippen MR) is 44.7 cm³/mol. The molecule has 3 heteroatoms. The van der Waals surface area contributed by atoms with E-state index in [-0.39, 0.29) is 6.61 Å². The van der Waals surface area contributed by atoms with Crippen LogP contribution in [0.1, 0.15) is 12.1 Å². The smallest absolute Gasteiger partial charge is 0.0621 e. The van der Waals surface area contributed by atoms with Crippen LogP contribution >= 0.6 is 11.6 Å². The van der Waals surface area contributed by atoms with E-state index in [1.165, 1.54) is 0 Å². The average molecular weight is 172 g/mol. The van der Waals surface area contributed by atoms with Crippen LogP contribution in [0.15, 0.2) is 18.3 Å². The summed E-state index contributed by atoms with van der Waals surface area (Å²) in [5.74, 6) is 0. The van der Waals surface area contributed by atoms with Crippen molar-refractivity contribution in [2.75, 3.05) is 6.61 Å².